The highest BCUT2D eigenvalue weighted by atomic mass is 16.5. The lowest BCUT2D eigenvalue weighted by molar-refractivity contribution is 0.304. The second kappa shape index (κ2) is 25.3. The molecule has 13 aromatic rings. The largest absolute Gasteiger partial charge is 0.494 e. The molecule has 0 aliphatic heterocycles. The van der Waals surface area contributed by atoms with Gasteiger partial charge in [0.25, 0.3) is 0 Å². The number of para-hydroxylation sites is 1. The highest BCUT2D eigenvalue weighted by molar-refractivity contribution is 6.12. The van der Waals surface area contributed by atoms with E-state index < -0.39 is 0 Å². The van der Waals surface area contributed by atoms with E-state index >= 15 is 0 Å². The van der Waals surface area contributed by atoms with Crippen LogP contribution >= 0.6 is 0 Å². The summed E-state index contributed by atoms with van der Waals surface area (Å²) in [5, 5.41) is 2.47. The van der Waals surface area contributed by atoms with Crippen LogP contribution in [-0.2, 0) is 5.41 Å². The first-order valence-electron chi connectivity index (χ1n) is 32.0. The number of ether oxygens (including phenoxy) is 1. The van der Waals surface area contributed by atoms with Gasteiger partial charge in [-0.1, -0.05) is 252 Å². The van der Waals surface area contributed by atoms with Crippen molar-refractivity contribution in [2.75, 3.05) is 11.5 Å². The van der Waals surface area contributed by atoms with Crippen molar-refractivity contribution in [1.82, 2.24) is 4.57 Å². The maximum absolute atomic E-state index is 6.09. The Balaban J connectivity index is 0.785. The number of aryl methyl sites for hydroxylation is 2. The fraction of sp³-hybridized carbons (Fsp3) is 0.126. The lowest BCUT2D eigenvalue weighted by atomic mass is 9.69. The fourth-order valence-corrected chi connectivity index (χ4v) is 14.2. The zero-order valence-corrected chi connectivity index (χ0v) is 51.6. The van der Waals surface area contributed by atoms with Crippen molar-refractivity contribution in [2.24, 2.45) is 0 Å². The number of hydrogen-bond donors (Lipinski definition) is 0. The van der Waals surface area contributed by atoms with Gasteiger partial charge in [-0.3, -0.25) is 0 Å². The molecule has 90 heavy (non-hydrogen) atoms. The Morgan fingerprint density at radius 2 is 0.856 bits per heavy atom. The molecule has 1 aromatic heterocycles. The summed E-state index contributed by atoms with van der Waals surface area (Å²) in [5.74, 6) is 0.926. The molecule has 1 unspecified atom stereocenters. The predicted octanol–water partition coefficient (Wildman–Crippen LogP) is 23.9. The first-order valence-corrected chi connectivity index (χ1v) is 32.0. The standard InChI is InChI=1S/C87H74N2O/c1-5-63-32-36-67(37-33-63)69-42-52-85-81(58-69)82-59-70(43-53-86(82)89(85)72-28-18-13-19-29-72)80-57-61(3)79(56-62(80)4)68-40-46-74(47-41-68)88(73-44-38-66(39-45-73)65-24-14-11-15-25-65)75-48-51-78-77-30-20-21-31-83(77)87(84(78)60-75,71-26-16-12-17-27-71)54-22-9-7-8-10-23-55-90-76-49-34-64(6-2)35-50-76/h5-6,11-21,24-53,56-60H,1-2,7-10,22-23,54-55H2,3-4H3. The number of fused-ring (bicyclic) bond motifs is 6. The summed E-state index contributed by atoms with van der Waals surface area (Å²) in [5.41, 5.74) is 27.7. The summed E-state index contributed by atoms with van der Waals surface area (Å²) >= 11 is 0. The Hall–Kier alpha value is -10.5. The average Bonchev–Trinajstić information content (AvgIpc) is 1.57. The number of unbranched alkanes of at least 4 members (excludes halogenated alkanes) is 5. The van der Waals surface area contributed by atoms with Crippen LogP contribution in [-0.4, -0.2) is 11.2 Å². The third-order valence-electron chi connectivity index (χ3n) is 18.8. The van der Waals surface area contributed by atoms with Crippen molar-refractivity contribution < 1.29 is 4.74 Å². The lowest BCUT2D eigenvalue weighted by Crippen LogP contribution is -2.27. The summed E-state index contributed by atoms with van der Waals surface area (Å²) in [4.78, 5) is 2.46. The molecule has 0 radical (unpaired) electrons. The molecule has 12 aromatic carbocycles. The molecule has 438 valence electrons. The van der Waals surface area contributed by atoms with E-state index in [-0.39, 0.29) is 5.41 Å². The monoisotopic (exact) mass is 1160 g/mol. The third kappa shape index (κ3) is 11.1. The molecule has 3 nitrogen and oxygen atoms in total. The Labute approximate surface area is 531 Å². The SMILES string of the molecule is C=Cc1ccc(OCCCCCCCCC2(c3ccccc3)c3ccccc3-c3ccc(N(c4ccc(-c5ccccc5)cc4)c4ccc(-c5cc(C)c(-c6ccc7c(c6)c6cc(-c8ccc(C=C)cc8)ccc6n7-c6ccccc6)cc5C)cc4)cc32)cc1. The van der Waals surface area contributed by atoms with Crippen molar-refractivity contribution in [2.45, 2.75) is 64.2 Å². The van der Waals surface area contributed by atoms with Crippen molar-refractivity contribution in [3.8, 4) is 67.1 Å². The topological polar surface area (TPSA) is 17.4 Å². The molecule has 1 atom stereocenters. The van der Waals surface area contributed by atoms with E-state index in [1.165, 1.54) is 125 Å². The summed E-state index contributed by atoms with van der Waals surface area (Å²) < 4.78 is 8.49. The maximum atomic E-state index is 6.09. The van der Waals surface area contributed by atoms with E-state index in [1.807, 2.05) is 24.3 Å². The van der Waals surface area contributed by atoms with E-state index in [2.05, 4.69) is 303 Å². The Morgan fingerprint density at radius 3 is 1.51 bits per heavy atom. The molecule has 0 saturated heterocycles. The van der Waals surface area contributed by atoms with Gasteiger partial charge in [-0.25, -0.2) is 0 Å². The van der Waals surface area contributed by atoms with Crippen LogP contribution in [0, 0.1) is 13.8 Å². The minimum Gasteiger partial charge on any atom is -0.494 e. The van der Waals surface area contributed by atoms with Gasteiger partial charge in [-0.15, -0.1) is 0 Å². The molecule has 0 spiro atoms. The molecule has 1 aliphatic carbocycles. The first-order chi connectivity index (χ1) is 44.3. The number of aromatic nitrogens is 1. The minimum atomic E-state index is -0.318. The molecule has 0 amide bonds. The molecular weight excluding hydrogens is 1090 g/mol. The second-order valence-electron chi connectivity index (χ2n) is 24.3. The normalized spacial score (nSPS) is 13.3. The number of anilines is 3. The molecule has 3 heteroatoms. The minimum absolute atomic E-state index is 0.318. The van der Waals surface area contributed by atoms with Crippen molar-refractivity contribution >= 4 is 51.0 Å². The van der Waals surface area contributed by atoms with Crippen LogP contribution in [0.25, 0.3) is 95.3 Å². The Bertz CT molecular complexity index is 4690. The zero-order chi connectivity index (χ0) is 61.0. The van der Waals surface area contributed by atoms with E-state index in [9.17, 15) is 0 Å². The van der Waals surface area contributed by atoms with E-state index in [0.29, 0.717) is 0 Å². The number of benzene rings is 12. The molecule has 1 heterocycles. The highest BCUT2D eigenvalue weighted by Crippen LogP contribution is 2.57. The van der Waals surface area contributed by atoms with Crippen LogP contribution in [0.3, 0.4) is 0 Å². The van der Waals surface area contributed by atoms with Crippen LogP contribution < -0.4 is 9.64 Å². The Kier molecular flexibility index (Phi) is 16.1. The lowest BCUT2D eigenvalue weighted by Gasteiger charge is -2.34. The zero-order valence-electron chi connectivity index (χ0n) is 51.6. The van der Waals surface area contributed by atoms with Gasteiger partial charge in [-0.2, -0.15) is 0 Å². The maximum Gasteiger partial charge on any atom is 0.119 e. The number of hydrogen-bond acceptors (Lipinski definition) is 2. The van der Waals surface area contributed by atoms with E-state index in [1.54, 1.807) is 0 Å². The first kappa shape index (κ1) is 57.3. The quantitative estimate of drug-likeness (QED) is 0.0667. The smallest absolute Gasteiger partial charge is 0.119 e. The van der Waals surface area contributed by atoms with E-state index in [4.69, 9.17) is 4.74 Å². The average molecular weight is 1160 g/mol. The van der Waals surface area contributed by atoms with Crippen molar-refractivity contribution in [3.05, 3.63) is 331 Å². The molecular formula is C87H74N2O. The molecule has 0 bridgehead atoms. The molecule has 14 rings (SSSR count). The van der Waals surface area contributed by atoms with Crippen molar-refractivity contribution in [3.63, 3.8) is 0 Å². The van der Waals surface area contributed by atoms with E-state index in [0.717, 1.165) is 71.9 Å². The summed E-state index contributed by atoms with van der Waals surface area (Å²) in [7, 11) is 0. The van der Waals surface area contributed by atoms with Gasteiger partial charge in [0.05, 0.1) is 17.6 Å². The molecule has 0 N–H and O–H groups in total. The summed E-state index contributed by atoms with van der Waals surface area (Å²) in [6.07, 6.45) is 11.7. The van der Waals surface area contributed by atoms with Gasteiger partial charge in [0, 0.05) is 38.9 Å². The van der Waals surface area contributed by atoms with Gasteiger partial charge in [0.1, 0.15) is 5.75 Å². The Morgan fingerprint density at radius 1 is 0.378 bits per heavy atom. The van der Waals surface area contributed by atoms with Crippen LogP contribution in [0.4, 0.5) is 17.1 Å². The molecule has 0 saturated carbocycles. The summed E-state index contributed by atoms with van der Waals surface area (Å²) in [6, 6.07) is 103. The van der Waals surface area contributed by atoms with Crippen LogP contribution in [0.2, 0.25) is 0 Å². The third-order valence-corrected chi connectivity index (χ3v) is 18.8. The van der Waals surface area contributed by atoms with Crippen molar-refractivity contribution in [1.29, 1.82) is 0 Å². The highest BCUT2D eigenvalue weighted by Gasteiger charge is 2.44. The van der Waals surface area contributed by atoms with Gasteiger partial charge >= 0.3 is 0 Å². The number of rotatable bonds is 21. The fourth-order valence-electron chi connectivity index (χ4n) is 14.2. The van der Waals surface area contributed by atoms with Gasteiger partial charge in [-0.05, 0) is 206 Å². The molecule has 1 aliphatic rings. The molecule has 0 fully saturated rings. The second-order valence-corrected chi connectivity index (χ2v) is 24.3. The predicted molar refractivity (Wildman–Crippen MR) is 383 cm³/mol. The van der Waals surface area contributed by atoms with Crippen LogP contribution in [0.15, 0.2) is 292 Å². The van der Waals surface area contributed by atoms with Crippen LogP contribution in [0.5, 0.6) is 5.75 Å². The number of nitrogens with zero attached hydrogens (tertiary/aromatic N) is 2. The van der Waals surface area contributed by atoms with Crippen LogP contribution in [0.1, 0.15) is 83.9 Å². The van der Waals surface area contributed by atoms with Gasteiger partial charge < -0.3 is 14.2 Å². The summed E-state index contributed by atoms with van der Waals surface area (Å²) in [6.45, 7) is 13.1. The van der Waals surface area contributed by atoms with Gasteiger partial charge in [0.2, 0.25) is 0 Å². The van der Waals surface area contributed by atoms with Gasteiger partial charge in [0.15, 0.2) is 0 Å².